The van der Waals surface area contributed by atoms with Crippen LogP contribution in [0.25, 0.3) is 0 Å². The maximum atomic E-state index is 13.4. The number of nitrogens with zero attached hydrogens (tertiary/aromatic N) is 2. The van der Waals surface area contributed by atoms with Crippen LogP contribution < -0.4 is 5.32 Å². The number of rotatable bonds is 4. The molecule has 0 aromatic heterocycles. The van der Waals surface area contributed by atoms with Crippen molar-refractivity contribution in [3.63, 3.8) is 0 Å². The lowest BCUT2D eigenvalue weighted by Crippen LogP contribution is -2.48. The van der Waals surface area contributed by atoms with Gasteiger partial charge in [0, 0.05) is 37.8 Å². The molecule has 2 fully saturated rings. The lowest BCUT2D eigenvalue weighted by molar-refractivity contribution is -0.386. The van der Waals surface area contributed by atoms with Gasteiger partial charge in [0.25, 0.3) is 5.69 Å². The summed E-state index contributed by atoms with van der Waals surface area (Å²) in [4.78, 5) is 13.2. The number of nitrogens with one attached hydrogen (secondary N) is 1. The van der Waals surface area contributed by atoms with E-state index in [4.69, 9.17) is 0 Å². The van der Waals surface area contributed by atoms with Gasteiger partial charge >= 0.3 is 0 Å². The summed E-state index contributed by atoms with van der Waals surface area (Å²) in [5.74, 6) is -0.0922. The van der Waals surface area contributed by atoms with Crippen LogP contribution in [0.5, 0.6) is 0 Å². The van der Waals surface area contributed by atoms with E-state index in [1.165, 1.54) is 12.5 Å². The third-order valence-electron chi connectivity index (χ3n) is 4.65. The van der Waals surface area contributed by atoms with E-state index in [1.807, 2.05) is 0 Å². The molecule has 6 heteroatoms. The van der Waals surface area contributed by atoms with E-state index in [0.717, 1.165) is 45.1 Å². The molecular formula is C15H20FN3O2. The molecular weight excluding hydrogens is 273 g/mol. The Morgan fingerprint density at radius 1 is 1.33 bits per heavy atom. The normalized spacial score (nSPS) is 21.8. The maximum Gasteiger partial charge on any atom is 0.277 e. The van der Waals surface area contributed by atoms with Crippen molar-refractivity contribution < 1.29 is 9.31 Å². The summed E-state index contributed by atoms with van der Waals surface area (Å²) < 4.78 is 13.4. The van der Waals surface area contributed by atoms with E-state index in [-0.39, 0.29) is 11.7 Å². The first-order valence-corrected chi connectivity index (χ1v) is 7.55. The van der Waals surface area contributed by atoms with Gasteiger partial charge in [-0.15, -0.1) is 0 Å². The van der Waals surface area contributed by atoms with E-state index < -0.39 is 10.7 Å². The minimum Gasteiger partial charge on any atom is -0.314 e. The van der Waals surface area contributed by atoms with Gasteiger partial charge in [-0.3, -0.25) is 15.0 Å². The molecule has 1 atom stereocenters. The van der Waals surface area contributed by atoms with Crippen molar-refractivity contribution in [3.8, 4) is 0 Å². The number of nitro groups is 1. The van der Waals surface area contributed by atoms with Gasteiger partial charge in [0.2, 0.25) is 0 Å². The van der Waals surface area contributed by atoms with Crippen LogP contribution in [0.4, 0.5) is 10.1 Å². The van der Waals surface area contributed by atoms with Gasteiger partial charge in [-0.25, -0.2) is 4.39 Å². The Labute approximate surface area is 123 Å². The minimum absolute atomic E-state index is 0.0434. The molecule has 5 nitrogen and oxygen atoms in total. The number of nitro benzene ring substituents is 1. The van der Waals surface area contributed by atoms with E-state index in [1.54, 1.807) is 6.07 Å². The topological polar surface area (TPSA) is 58.4 Å². The summed E-state index contributed by atoms with van der Waals surface area (Å²) in [6.45, 7) is 3.57. The lowest BCUT2D eigenvalue weighted by atomic mass is 9.76. The van der Waals surface area contributed by atoms with Gasteiger partial charge in [-0.2, -0.15) is 0 Å². The fourth-order valence-electron chi connectivity index (χ4n) is 3.39. The van der Waals surface area contributed by atoms with Gasteiger partial charge < -0.3 is 5.32 Å². The van der Waals surface area contributed by atoms with Crippen LogP contribution in [-0.4, -0.2) is 36.0 Å². The van der Waals surface area contributed by atoms with Crippen LogP contribution in [0, 0.1) is 21.8 Å². The highest BCUT2D eigenvalue weighted by Crippen LogP contribution is 2.44. The van der Waals surface area contributed by atoms with E-state index in [0.29, 0.717) is 11.5 Å². The molecule has 1 aliphatic carbocycles. The Morgan fingerprint density at radius 2 is 2.05 bits per heavy atom. The average molecular weight is 293 g/mol. The van der Waals surface area contributed by atoms with Gasteiger partial charge in [0.05, 0.1) is 11.0 Å². The second-order valence-electron chi connectivity index (χ2n) is 5.88. The van der Waals surface area contributed by atoms with Crippen molar-refractivity contribution in [2.24, 2.45) is 5.92 Å². The number of hydrogen-bond donors (Lipinski definition) is 1. The standard InChI is InChI=1S/C15H20FN3O2/c16-12-4-5-13(14(10-12)19(20)21)15(11-2-1-3-11)18-8-6-17-7-9-18/h4-5,10-11,15,17H,1-3,6-9H2/t15-/m1/s1. The third-order valence-corrected chi connectivity index (χ3v) is 4.65. The zero-order valence-electron chi connectivity index (χ0n) is 11.9. The van der Waals surface area contributed by atoms with Gasteiger partial charge in [0.1, 0.15) is 5.82 Å². The molecule has 1 aliphatic heterocycles. The summed E-state index contributed by atoms with van der Waals surface area (Å²) in [6, 6.07) is 4.06. The van der Waals surface area contributed by atoms with Crippen LogP contribution in [0.3, 0.4) is 0 Å². The molecule has 0 amide bonds. The number of piperazine rings is 1. The molecule has 3 rings (SSSR count). The molecule has 0 bridgehead atoms. The molecule has 114 valence electrons. The van der Waals surface area contributed by atoms with Crippen molar-refractivity contribution in [2.45, 2.75) is 25.3 Å². The van der Waals surface area contributed by atoms with Crippen molar-refractivity contribution in [2.75, 3.05) is 26.2 Å². The lowest BCUT2D eigenvalue weighted by Gasteiger charge is -2.43. The van der Waals surface area contributed by atoms with Crippen molar-refractivity contribution in [3.05, 3.63) is 39.7 Å². The molecule has 1 saturated carbocycles. The van der Waals surface area contributed by atoms with Gasteiger partial charge in [-0.05, 0) is 30.9 Å². The Kier molecular flexibility index (Phi) is 4.17. The van der Waals surface area contributed by atoms with Gasteiger partial charge in [-0.1, -0.05) is 6.42 Å². The highest BCUT2D eigenvalue weighted by Gasteiger charge is 2.37. The summed E-state index contributed by atoms with van der Waals surface area (Å²) >= 11 is 0. The second kappa shape index (κ2) is 6.07. The molecule has 0 unspecified atom stereocenters. The summed E-state index contributed by atoms with van der Waals surface area (Å²) in [7, 11) is 0. The Balaban J connectivity index is 1.97. The molecule has 1 aromatic carbocycles. The number of benzene rings is 1. The number of halogens is 1. The molecule has 1 N–H and O–H groups in total. The quantitative estimate of drug-likeness (QED) is 0.684. The monoisotopic (exact) mass is 293 g/mol. The van der Waals surface area contributed by atoms with E-state index >= 15 is 0 Å². The van der Waals surface area contributed by atoms with Crippen LogP contribution in [-0.2, 0) is 0 Å². The molecule has 1 saturated heterocycles. The molecule has 2 aliphatic rings. The summed E-state index contributed by atoms with van der Waals surface area (Å²) in [5.41, 5.74) is 0.596. The Morgan fingerprint density at radius 3 is 2.62 bits per heavy atom. The fraction of sp³-hybridized carbons (Fsp3) is 0.600. The second-order valence-corrected chi connectivity index (χ2v) is 5.88. The highest BCUT2D eigenvalue weighted by atomic mass is 19.1. The van der Waals surface area contributed by atoms with Gasteiger partial charge in [0.15, 0.2) is 0 Å². The highest BCUT2D eigenvalue weighted by molar-refractivity contribution is 5.43. The molecule has 0 radical (unpaired) electrons. The summed E-state index contributed by atoms with van der Waals surface area (Å²) in [5, 5.41) is 14.6. The minimum atomic E-state index is -0.543. The summed E-state index contributed by atoms with van der Waals surface area (Å²) in [6.07, 6.45) is 3.38. The fourth-order valence-corrected chi connectivity index (χ4v) is 3.39. The zero-order chi connectivity index (χ0) is 14.8. The smallest absolute Gasteiger partial charge is 0.277 e. The SMILES string of the molecule is O=[N+]([O-])c1cc(F)ccc1[C@@H](C1CCC1)N1CCNCC1. The van der Waals surface area contributed by atoms with Crippen LogP contribution in [0.1, 0.15) is 30.9 Å². The zero-order valence-corrected chi connectivity index (χ0v) is 11.9. The van der Waals surface area contributed by atoms with Crippen molar-refractivity contribution in [1.82, 2.24) is 10.2 Å². The molecule has 1 heterocycles. The Bertz CT molecular complexity index is 528. The van der Waals surface area contributed by atoms with Crippen LogP contribution >= 0.6 is 0 Å². The van der Waals surface area contributed by atoms with E-state index in [2.05, 4.69) is 10.2 Å². The van der Waals surface area contributed by atoms with Crippen LogP contribution in [0.2, 0.25) is 0 Å². The predicted octanol–water partition coefficient (Wildman–Crippen LogP) is 2.48. The first kappa shape index (κ1) is 14.4. The van der Waals surface area contributed by atoms with Crippen molar-refractivity contribution >= 4 is 5.69 Å². The Hall–Kier alpha value is -1.53. The molecule has 0 spiro atoms. The first-order valence-electron chi connectivity index (χ1n) is 7.55. The number of hydrogen-bond acceptors (Lipinski definition) is 4. The molecule has 1 aromatic rings. The maximum absolute atomic E-state index is 13.4. The molecule has 21 heavy (non-hydrogen) atoms. The first-order chi connectivity index (χ1) is 10.2. The largest absolute Gasteiger partial charge is 0.314 e. The van der Waals surface area contributed by atoms with Crippen LogP contribution in [0.15, 0.2) is 18.2 Å². The average Bonchev–Trinajstić information content (AvgIpc) is 2.44. The van der Waals surface area contributed by atoms with Crippen molar-refractivity contribution in [1.29, 1.82) is 0 Å². The van der Waals surface area contributed by atoms with E-state index in [9.17, 15) is 14.5 Å². The third kappa shape index (κ3) is 2.91. The predicted molar refractivity (Wildman–Crippen MR) is 77.6 cm³/mol.